The first-order valence-electron chi connectivity index (χ1n) is 5.78. The molecule has 0 bridgehead atoms. The molecule has 96 valence electrons. The lowest BCUT2D eigenvalue weighted by Gasteiger charge is -2.15. The Kier molecular flexibility index (Phi) is 4.44. The van der Waals surface area contributed by atoms with Crippen LogP contribution in [-0.4, -0.2) is 7.11 Å². The number of methoxy groups -OCH3 is 1. The zero-order valence-corrected chi connectivity index (χ0v) is 12.0. The lowest BCUT2D eigenvalue weighted by atomic mass is 10.1. The van der Waals surface area contributed by atoms with Crippen molar-refractivity contribution < 1.29 is 9.15 Å². The highest BCUT2D eigenvalue weighted by Gasteiger charge is 2.08. The number of benzene rings is 1. The first-order valence-corrected chi connectivity index (χ1v) is 6.58. The van der Waals surface area contributed by atoms with E-state index in [1.165, 1.54) is 5.56 Å². The molecule has 0 aliphatic carbocycles. The van der Waals surface area contributed by atoms with Crippen molar-refractivity contribution in [2.24, 2.45) is 0 Å². The van der Waals surface area contributed by atoms with Gasteiger partial charge >= 0.3 is 0 Å². The van der Waals surface area contributed by atoms with Crippen LogP contribution in [0.15, 0.2) is 45.7 Å². The van der Waals surface area contributed by atoms with Crippen LogP contribution in [0, 0.1) is 0 Å². The Morgan fingerprint density at radius 1 is 1.39 bits per heavy atom. The SMILES string of the molecule is COc1ccc(C(C)NCc2ccoc2)cc1Br. The molecule has 18 heavy (non-hydrogen) atoms. The zero-order valence-electron chi connectivity index (χ0n) is 10.4. The molecule has 0 saturated carbocycles. The number of rotatable bonds is 5. The maximum Gasteiger partial charge on any atom is 0.133 e. The highest BCUT2D eigenvalue weighted by Crippen LogP contribution is 2.28. The van der Waals surface area contributed by atoms with E-state index in [0.717, 1.165) is 22.3 Å². The Hall–Kier alpha value is -1.26. The summed E-state index contributed by atoms with van der Waals surface area (Å²) >= 11 is 3.50. The lowest BCUT2D eigenvalue weighted by Crippen LogP contribution is -2.17. The molecular formula is C14H16BrNO2. The third-order valence-corrected chi connectivity index (χ3v) is 3.49. The minimum Gasteiger partial charge on any atom is -0.496 e. The maximum absolute atomic E-state index is 5.22. The molecule has 1 aromatic heterocycles. The topological polar surface area (TPSA) is 34.4 Å². The molecule has 0 aliphatic rings. The number of hydrogen-bond donors (Lipinski definition) is 1. The Bertz CT molecular complexity index is 497. The minimum atomic E-state index is 0.266. The van der Waals surface area contributed by atoms with Gasteiger partial charge in [0.1, 0.15) is 5.75 Å². The fourth-order valence-corrected chi connectivity index (χ4v) is 2.29. The molecule has 0 amide bonds. The Labute approximate surface area is 115 Å². The van der Waals surface area contributed by atoms with Gasteiger partial charge in [0.25, 0.3) is 0 Å². The summed E-state index contributed by atoms with van der Waals surface area (Å²) in [5, 5.41) is 3.44. The van der Waals surface area contributed by atoms with Crippen LogP contribution < -0.4 is 10.1 Å². The third kappa shape index (κ3) is 3.15. The second kappa shape index (κ2) is 6.07. The Morgan fingerprint density at radius 3 is 2.83 bits per heavy atom. The van der Waals surface area contributed by atoms with Crippen molar-refractivity contribution in [3.8, 4) is 5.75 Å². The molecule has 1 aromatic carbocycles. The first kappa shape index (κ1) is 13.2. The average molecular weight is 310 g/mol. The molecule has 0 aliphatic heterocycles. The number of nitrogens with one attached hydrogen (secondary N) is 1. The van der Waals surface area contributed by atoms with E-state index in [-0.39, 0.29) is 6.04 Å². The normalized spacial score (nSPS) is 12.4. The lowest BCUT2D eigenvalue weighted by molar-refractivity contribution is 0.411. The Morgan fingerprint density at radius 2 is 2.22 bits per heavy atom. The van der Waals surface area contributed by atoms with Crippen molar-refractivity contribution in [1.82, 2.24) is 5.32 Å². The van der Waals surface area contributed by atoms with Gasteiger partial charge in [-0.05, 0) is 46.6 Å². The molecule has 1 N–H and O–H groups in total. The van der Waals surface area contributed by atoms with Gasteiger partial charge in [0.05, 0.1) is 24.1 Å². The molecule has 0 saturated heterocycles. The fraction of sp³-hybridized carbons (Fsp3) is 0.286. The van der Waals surface area contributed by atoms with Gasteiger partial charge in [-0.2, -0.15) is 0 Å². The molecule has 1 heterocycles. The average Bonchev–Trinajstić information content (AvgIpc) is 2.89. The second-order valence-electron chi connectivity index (χ2n) is 4.13. The molecule has 4 heteroatoms. The van der Waals surface area contributed by atoms with Crippen LogP contribution in [-0.2, 0) is 6.54 Å². The van der Waals surface area contributed by atoms with Gasteiger partial charge < -0.3 is 14.5 Å². The highest BCUT2D eigenvalue weighted by atomic mass is 79.9. The van der Waals surface area contributed by atoms with Crippen LogP contribution in [0.25, 0.3) is 0 Å². The molecular weight excluding hydrogens is 294 g/mol. The summed E-state index contributed by atoms with van der Waals surface area (Å²) in [5.41, 5.74) is 2.36. The molecule has 1 atom stereocenters. The van der Waals surface area contributed by atoms with Crippen LogP contribution in [0.5, 0.6) is 5.75 Å². The van der Waals surface area contributed by atoms with Gasteiger partial charge in [-0.3, -0.25) is 0 Å². The maximum atomic E-state index is 5.22. The number of halogens is 1. The van der Waals surface area contributed by atoms with Gasteiger partial charge in [0.2, 0.25) is 0 Å². The molecule has 2 rings (SSSR count). The zero-order chi connectivity index (χ0) is 13.0. The van der Waals surface area contributed by atoms with E-state index in [9.17, 15) is 0 Å². The smallest absolute Gasteiger partial charge is 0.133 e. The molecule has 0 radical (unpaired) electrons. The van der Waals surface area contributed by atoms with E-state index in [1.54, 1.807) is 19.6 Å². The van der Waals surface area contributed by atoms with Crippen molar-refractivity contribution in [2.75, 3.05) is 7.11 Å². The van der Waals surface area contributed by atoms with E-state index < -0.39 is 0 Å². The molecule has 1 unspecified atom stereocenters. The van der Waals surface area contributed by atoms with Gasteiger partial charge in [-0.15, -0.1) is 0 Å². The predicted molar refractivity (Wildman–Crippen MR) is 74.7 cm³/mol. The quantitative estimate of drug-likeness (QED) is 0.909. The van der Waals surface area contributed by atoms with Crippen LogP contribution in [0.1, 0.15) is 24.1 Å². The fourth-order valence-electron chi connectivity index (χ4n) is 1.73. The summed E-state index contributed by atoms with van der Waals surface area (Å²) in [6, 6.07) is 8.34. The molecule has 3 nitrogen and oxygen atoms in total. The molecule has 2 aromatic rings. The van der Waals surface area contributed by atoms with Crippen molar-refractivity contribution in [2.45, 2.75) is 19.5 Å². The predicted octanol–water partition coefficient (Wildman–Crippen LogP) is 3.90. The third-order valence-electron chi connectivity index (χ3n) is 2.87. The van der Waals surface area contributed by atoms with Crippen molar-refractivity contribution >= 4 is 15.9 Å². The van der Waals surface area contributed by atoms with Crippen LogP contribution in [0.3, 0.4) is 0 Å². The molecule has 0 spiro atoms. The van der Waals surface area contributed by atoms with E-state index in [2.05, 4.69) is 40.3 Å². The van der Waals surface area contributed by atoms with E-state index >= 15 is 0 Å². The largest absolute Gasteiger partial charge is 0.496 e. The van der Waals surface area contributed by atoms with E-state index in [0.29, 0.717) is 0 Å². The van der Waals surface area contributed by atoms with Gasteiger partial charge in [-0.1, -0.05) is 6.07 Å². The summed E-state index contributed by atoms with van der Waals surface area (Å²) in [6.45, 7) is 2.93. The standard InChI is InChI=1S/C14H16BrNO2/c1-10(16-8-11-5-6-18-9-11)12-3-4-14(17-2)13(15)7-12/h3-7,9-10,16H,8H2,1-2H3. The minimum absolute atomic E-state index is 0.266. The second-order valence-corrected chi connectivity index (χ2v) is 4.98. The number of furan rings is 1. The Balaban J connectivity index is 2.00. The van der Waals surface area contributed by atoms with Crippen molar-refractivity contribution in [3.63, 3.8) is 0 Å². The summed E-state index contributed by atoms with van der Waals surface area (Å²) in [5.74, 6) is 0.848. The summed E-state index contributed by atoms with van der Waals surface area (Å²) in [7, 11) is 1.67. The van der Waals surface area contributed by atoms with Gasteiger partial charge in [0, 0.05) is 18.2 Å². The highest BCUT2D eigenvalue weighted by molar-refractivity contribution is 9.10. The van der Waals surface area contributed by atoms with Crippen molar-refractivity contribution in [1.29, 1.82) is 0 Å². The summed E-state index contributed by atoms with van der Waals surface area (Å²) < 4.78 is 11.2. The van der Waals surface area contributed by atoms with E-state index in [1.807, 2.05) is 12.1 Å². The first-order chi connectivity index (χ1) is 8.70. The molecule has 0 fully saturated rings. The van der Waals surface area contributed by atoms with E-state index in [4.69, 9.17) is 9.15 Å². The van der Waals surface area contributed by atoms with Gasteiger partial charge in [-0.25, -0.2) is 0 Å². The van der Waals surface area contributed by atoms with Crippen LogP contribution in [0.4, 0.5) is 0 Å². The van der Waals surface area contributed by atoms with Crippen LogP contribution >= 0.6 is 15.9 Å². The van der Waals surface area contributed by atoms with Crippen LogP contribution in [0.2, 0.25) is 0 Å². The monoisotopic (exact) mass is 309 g/mol. The van der Waals surface area contributed by atoms with Gasteiger partial charge in [0.15, 0.2) is 0 Å². The number of hydrogen-bond acceptors (Lipinski definition) is 3. The summed E-state index contributed by atoms with van der Waals surface area (Å²) in [6.07, 6.45) is 3.44. The summed E-state index contributed by atoms with van der Waals surface area (Å²) in [4.78, 5) is 0. The van der Waals surface area contributed by atoms with Crippen molar-refractivity contribution in [3.05, 3.63) is 52.4 Å². The number of ether oxygens (including phenoxy) is 1.